The first-order valence-corrected chi connectivity index (χ1v) is 3.52. The van der Waals surface area contributed by atoms with Gasteiger partial charge in [-0.1, -0.05) is 0 Å². The highest BCUT2D eigenvalue weighted by Crippen LogP contribution is 2.12. The molecule has 1 rings (SSSR count). The van der Waals surface area contributed by atoms with Crippen molar-refractivity contribution in [3.05, 3.63) is 23.8 Å². The van der Waals surface area contributed by atoms with Gasteiger partial charge in [0.2, 0.25) is 0 Å². The number of hydrogen-bond donors (Lipinski definition) is 0. The highest BCUT2D eigenvalue weighted by molar-refractivity contribution is 6.32. The highest BCUT2D eigenvalue weighted by Gasteiger charge is 2.05. The second-order valence-electron chi connectivity index (χ2n) is 2.23. The van der Waals surface area contributed by atoms with Crippen molar-refractivity contribution in [2.45, 2.75) is 6.92 Å². The van der Waals surface area contributed by atoms with Crippen LogP contribution in [0.2, 0.25) is 0 Å². The van der Waals surface area contributed by atoms with Crippen LogP contribution in [0.25, 0.3) is 0 Å². The first-order chi connectivity index (χ1) is 5.65. The lowest BCUT2D eigenvalue weighted by Crippen LogP contribution is -2.13. The standard InChI is InChI=1S/C8H7BF2O/c1-2-12-5-3-6(10)8(9)7(11)4-5/h3-4H,2H2,1H3. The van der Waals surface area contributed by atoms with Crippen LogP contribution in [0.5, 0.6) is 5.75 Å². The van der Waals surface area contributed by atoms with Crippen LogP contribution in [0.4, 0.5) is 8.78 Å². The number of ether oxygens (including phenoxy) is 1. The van der Waals surface area contributed by atoms with Gasteiger partial charge in [0.05, 0.1) is 6.61 Å². The predicted octanol–water partition coefficient (Wildman–Crippen LogP) is 1.16. The van der Waals surface area contributed by atoms with Gasteiger partial charge < -0.3 is 4.74 Å². The molecule has 4 heteroatoms. The minimum absolute atomic E-state index is 0.154. The van der Waals surface area contributed by atoms with Crippen LogP contribution >= 0.6 is 0 Å². The van der Waals surface area contributed by atoms with Crippen molar-refractivity contribution in [1.82, 2.24) is 0 Å². The Morgan fingerprint density at radius 2 is 1.83 bits per heavy atom. The molecule has 1 aromatic carbocycles. The van der Waals surface area contributed by atoms with Crippen LogP contribution < -0.4 is 10.2 Å². The monoisotopic (exact) mass is 168 g/mol. The second-order valence-corrected chi connectivity index (χ2v) is 2.23. The van der Waals surface area contributed by atoms with Crippen molar-refractivity contribution < 1.29 is 13.5 Å². The number of benzene rings is 1. The van der Waals surface area contributed by atoms with Gasteiger partial charge in [-0.25, -0.2) is 8.78 Å². The Morgan fingerprint density at radius 1 is 1.33 bits per heavy atom. The Hall–Kier alpha value is -1.06. The topological polar surface area (TPSA) is 9.23 Å². The highest BCUT2D eigenvalue weighted by atomic mass is 19.1. The molecule has 0 fully saturated rings. The summed E-state index contributed by atoms with van der Waals surface area (Å²) in [7, 11) is 5.04. The first kappa shape index (κ1) is 9.04. The van der Waals surface area contributed by atoms with Crippen molar-refractivity contribution in [3.63, 3.8) is 0 Å². The van der Waals surface area contributed by atoms with E-state index in [0.717, 1.165) is 12.1 Å². The van der Waals surface area contributed by atoms with E-state index in [1.807, 2.05) is 0 Å². The van der Waals surface area contributed by atoms with Gasteiger partial charge >= 0.3 is 0 Å². The molecule has 0 bridgehead atoms. The zero-order chi connectivity index (χ0) is 9.14. The Balaban J connectivity index is 3.04. The molecule has 0 atom stereocenters. The quantitative estimate of drug-likeness (QED) is 0.602. The van der Waals surface area contributed by atoms with E-state index in [1.165, 1.54) is 0 Å². The predicted molar refractivity (Wildman–Crippen MR) is 42.9 cm³/mol. The summed E-state index contributed by atoms with van der Waals surface area (Å²) in [6, 6.07) is 2.11. The zero-order valence-electron chi connectivity index (χ0n) is 6.60. The van der Waals surface area contributed by atoms with Crippen molar-refractivity contribution in [2.75, 3.05) is 6.61 Å². The smallest absolute Gasteiger partial charge is 0.125 e. The molecule has 0 N–H and O–H groups in total. The van der Waals surface area contributed by atoms with E-state index in [1.54, 1.807) is 6.92 Å². The molecule has 0 spiro atoms. The van der Waals surface area contributed by atoms with Gasteiger partial charge in [-0.2, -0.15) is 0 Å². The van der Waals surface area contributed by atoms with E-state index >= 15 is 0 Å². The molecule has 62 valence electrons. The molecule has 0 aliphatic rings. The van der Waals surface area contributed by atoms with Crippen molar-refractivity contribution in [1.29, 1.82) is 0 Å². The average molecular weight is 168 g/mol. The molecule has 1 nitrogen and oxygen atoms in total. The van der Waals surface area contributed by atoms with Crippen molar-refractivity contribution >= 4 is 13.3 Å². The minimum atomic E-state index is -0.793. The molecule has 0 saturated heterocycles. The van der Waals surface area contributed by atoms with E-state index in [4.69, 9.17) is 12.6 Å². The van der Waals surface area contributed by atoms with Gasteiger partial charge in [0.1, 0.15) is 25.2 Å². The van der Waals surface area contributed by atoms with E-state index in [9.17, 15) is 8.78 Å². The van der Waals surface area contributed by atoms with Gasteiger partial charge in [-0.15, -0.1) is 0 Å². The fraction of sp³-hybridized carbons (Fsp3) is 0.250. The van der Waals surface area contributed by atoms with Gasteiger partial charge in [0, 0.05) is 12.1 Å². The SMILES string of the molecule is [B]c1c(F)cc(OCC)cc1F. The molecule has 0 aliphatic carbocycles. The van der Waals surface area contributed by atoms with Crippen LogP contribution in [-0.4, -0.2) is 14.5 Å². The van der Waals surface area contributed by atoms with Crippen LogP contribution in [0.15, 0.2) is 12.1 Å². The van der Waals surface area contributed by atoms with Crippen molar-refractivity contribution in [3.8, 4) is 5.75 Å². The third-order valence-electron chi connectivity index (χ3n) is 1.36. The lowest BCUT2D eigenvalue weighted by Gasteiger charge is -2.05. The number of halogens is 2. The van der Waals surface area contributed by atoms with Crippen LogP contribution in [0, 0.1) is 11.6 Å². The molecule has 0 heterocycles. The summed E-state index contributed by atoms with van der Waals surface area (Å²) < 4.78 is 30.3. The fourth-order valence-corrected chi connectivity index (χ4v) is 0.811. The van der Waals surface area contributed by atoms with Gasteiger partial charge in [0.25, 0.3) is 0 Å². The summed E-state index contributed by atoms with van der Waals surface area (Å²) in [6.07, 6.45) is 0. The van der Waals surface area contributed by atoms with Crippen LogP contribution in [0.3, 0.4) is 0 Å². The second kappa shape index (κ2) is 3.56. The Morgan fingerprint density at radius 3 is 2.25 bits per heavy atom. The van der Waals surface area contributed by atoms with E-state index in [0.29, 0.717) is 6.61 Å². The summed E-state index contributed by atoms with van der Waals surface area (Å²) in [5.74, 6) is -1.43. The minimum Gasteiger partial charge on any atom is -0.494 e. The molecule has 0 aliphatic heterocycles. The first-order valence-electron chi connectivity index (χ1n) is 3.52. The van der Waals surface area contributed by atoms with Gasteiger partial charge in [0.15, 0.2) is 0 Å². The van der Waals surface area contributed by atoms with Crippen LogP contribution in [-0.2, 0) is 0 Å². The molecule has 0 amide bonds. The van der Waals surface area contributed by atoms with E-state index < -0.39 is 17.1 Å². The molecule has 0 aromatic heterocycles. The largest absolute Gasteiger partial charge is 0.494 e. The summed E-state index contributed by atoms with van der Waals surface area (Å²) in [5, 5.41) is 0. The average Bonchev–Trinajstić information content (AvgIpc) is 2.01. The lowest BCUT2D eigenvalue weighted by molar-refractivity contribution is 0.336. The normalized spacial score (nSPS) is 9.92. The zero-order valence-corrected chi connectivity index (χ0v) is 6.60. The number of rotatable bonds is 2. The molecule has 2 radical (unpaired) electrons. The molecule has 0 unspecified atom stereocenters. The van der Waals surface area contributed by atoms with Gasteiger partial charge in [-0.3, -0.25) is 0 Å². The Bertz CT molecular complexity index is 265. The van der Waals surface area contributed by atoms with Gasteiger partial charge in [-0.05, 0) is 12.4 Å². The Labute approximate surface area is 70.8 Å². The summed E-state index contributed by atoms with van der Waals surface area (Å²) in [5.41, 5.74) is -0.474. The molecular formula is C8H7BF2O. The Kier molecular flexibility index (Phi) is 2.68. The van der Waals surface area contributed by atoms with Crippen LogP contribution in [0.1, 0.15) is 6.92 Å². The number of hydrogen-bond acceptors (Lipinski definition) is 1. The van der Waals surface area contributed by atoms with E-state index in [-0.39, 0.29) is 5.75 Å². The summed E-state index contributed by atoms with van der Waals surface area (Å²) >= 11 is 0. The molecule has 0 saturated carbocycles. The third-order valence-corrected chi connectivity index (χ3v) is 1.36. The summed E-state index contributed by atoms with van der Waals surface area (Å²) in [4.78, 5) is 0. The lowest BCUT2D eigenvalue weighted by atomic mass is 9.95. The maximum atomic E-state index is 12.7. The maximum Gasteiger partial charge on any atom is 0.125 e. The fourth-order valence-electron chi connectivity index (χ4n) is 0.811. The summed E-state index contributed by atoms with van der Waals surface area (Å²) in [6.45, 7) is 2.09. The third kappa shape index (κ3) is 1.75. The molecular weight excluding hydrogens is 161 g/mol. The van der Waals surface area contributed by atoms with Crippen molar-refractivity contribution in [2.24, 2.45) is 0 Å². The maximum absolute atomic E-state index is 12.7. The molecule has 12 heavy (non-hydrogen) atoms. The van der Waals surface area contributed by atoms with E-state index in [2.05, 4.69) is 0 Å². The molecule has 1 aromatic rings.